The molecule has 2 nitrogen and oxygen atoms in total. The van der Waals surface area contributed by atoms with Crippen LogP contribution in [0.25, 0.3) is 0 Å². The summed E-state index contributed by atoms with van der Waals surface area (Å²) < 4.78 is 5.93. The highest BCUT2D eigenvalue weighted by molar-refractivity contribution is 5.35. The molecule has 0 aliphatic rings. The molecule has 2 atom stereocenters. The zero-order valence-corrected chi connectivity index (χ0v) is 10.6. The molecule has 2 heteroatoms. The molecule has 0 aliphatic heterocycles. The van der Waals surface area contributed by atoms with Crippen molar-refractivity contribution in [3.05, 3.63) is 29.8 Å². The minimum absolute atomic E-state index is 0.0741. The van der Waals surface area contributed by atoms with E-state index in [9.17, 15) is 0 Å². The van der Waals surface area contributed by atoms with Crippen LogP contribution in [0.2, 0.25) is 0 Å². The standard InChI is InChI=1S/C14H23NO/c1-4-8-11(3)16-14-10-7-6-9-12(14)13(15)5-2/h6-7,9-11,13H,4-5,8,15H2,1-3H3/t11?,13-/m0/s1. The van der Waals surface area contributed by atoms with E-state index >= 15 is 0 Å². The molecule has 0 aromatic heterocycles. The Bertz CT molecular complexity index is 311. The maximum atomic E-state index is 6.06. The zero-order chi connectivity index (χ0) is 12.0. The molecule has 0 amide bonds. The molecule has 1 unspecified atom stereocenters. The fourth-order valence-corrected chi connectivity index (χ4v) is 1.80. The molecule has 0 fully saturated rings. The maximum Gasteiger partial charge on any atom is 0.124 e. The van der Waals surface area contributed by atoms with Crippen LogP contribution in [0.15, 0.2) is 24.3 Å². The molecule has 0 saturated carbocycles. The van der Waals surface area contributed by atoms with Crippen LogP contribution in [0.1, 0.15) is 51.6 Å². The van der Waals surface area contributed by atoms with Crippen LogP contribution in [0.3, 0.4) is 0 Å². The van der Waals surface area contributed by atoms with Gasteiger partial charge in [0.25, 0.3) is 0 Å². The van der Waals surface area contributed by atoms with Crippen LogP contribution in [-0.2, 0) is 0 Å². The van der Waals surface area contributed by atoms with Gasteiger partial charge in [0.1, 0.15) is 5.75 Å². The first-order valence-corrected chi connectivity index (χ1v) is 6.20. The van der Waals surface area contributed by atoms with Crippen LogP contribution >= 0.6 is 0 Å². The summed E-state index contributed by atoms with van der Waals surface area (Å²) in [7, 11) is 0. The van der Waals surface area contributed by atoms with Crippen LogP contribution in [0.5, 0.6) is 5.75 Å². The molecule has 0 saturated heterocycles. The Morgan fingerprint density at radius 2 is 1.94 bits per heavy atom. The molecule has 0 bridgehead atoms. The largest absolute Gasteiger partial charge is 0.490 e. The summed E-state index contributed by atoms with van der Waals surface area (Å²) in [6.07, 6.45) is 3.41. The third-order valence-corrected chi connectivity index (χ3v) is 2.78. The van der Waals surface area contributed by atoms with Gasteiger partial charge in [0.05, 0.1) is 6.10 Å². The van der Waals surface area contributed by atoms with Gasteiger partial charge in [0.15, 0.2) is 0 Å². The molecule has 0 aliphatic carbocycles. The summed E-state index contributed by atoms with van der Waals surface area (Å²) in [6, 6.07) is 8.16. The van der Waals surface area contributed by atoms with Gasteiger partial charge in [0, 0.05) is 11.6 Å². The molecule has 1 aromatic rings. The van der Waals surface area contributed by atoms with Gasteiger partial charge in [-0.05, 0) is 25.8 Å². The zero-order valence-electron chi connectivity index (χ0n) is 10.6. The SMILES string of the molecule is CCCC(C)Oc1ccccc1[C@@H](N)CC. The van der Waals surface area contributed by atoms with Crippen molar-refractivity contribution < 1.29 is 4.74 Å². The van der Waals surface area contributed by atoms with Crippen LogP contribution in [-0.4, -0.2) is 6.10 Å². The van der Waals surface area contributed by atoms with E-state index in [0.29, 0.717) is 0 Å². The quantitative estimate of drug-likeness (QED) is 0.795. The lowest BCUT2D eigenvalue weighted by atomic mass is 10.0. The van der Waals surface area contributed by atoms with Gasteiger partial charge in [-0.25, -0.2) is 0 Å². The van der Waals surface area contributed by atoms with Crippen molar-refractivity contribution in [2.45, 2.75) is 52.2 Å². The topological polar surface area (TPSA) is 35.2 Å². The first-order chi connectivity index (χ1) is 7.69. The van der Waals surface area contributed by atoms with Crippen molar-refractivity contribution in [2.75, 3.05) is 0 Å². The van der Waals surface area contributed by atoms with E-state index in [1.54, 1.807) is 0 Å². The van der Waals surface area contributed by atoms with Crippen LogP contribution in [0, 0.1) is 0 Å². The van der Waals surface area contributed by atoms with Crippen LogP contribution < -0.4 is 10.5 Å². The van der Waals surface area contributed by atoms with E-state index in [0.717, 1.165) is 30.6 Å². The van der Waals surface area contributed by atoms with Gasteiger partial charge in [-0.2, -0.15) is 0 Å². The van der Waals surface area contributed by atoms with E-state index in [-0.39, 0.29) is 12.1 Å². The molecular formula is C14H23NO. The minimum Gasteiger partial charge on any atom is -0.490 e. The highest BCUT2D eigenvalue weighted by Crippen LogP contribution is 2.26. The highest BCUT2D eigenvalue weighted by atomic mass is 16.5. The average Bonchev–Trinajstić information content (AvgIpc) is 2.29. The van der Waals surface area contributed by atoms with Gasteiger partial charge >= 0.3 is 0 Å². The monoisotopic (exact) mass is 221 g/mol. The Kier molecular flexibility index (Phi) is 5.33. The van der Waals surface area contributed by atoms with Gasteiger partial charge in [-0.3, -0.25) is 0 Å². The van der Waals surface area contributed by atoms with Crippen molar-refractivity contribution in [1.82, 2.24) is 0 Å². The lowest BCUT2D eigenvalue weighted by molar-refractivity contribution is 0.207. The number of rotatable bonds is 6. The summed E-state index contributed by atoms with van der Waals surface area (Å²) in [5.74, 6) is 0.942. The lowest BCUT2D eigenvalue weighted by Gasteiger charge is -2.19. The summed E-state index contributed by atoms with van der Waals surface area (Å²) in [6.45, 7) is 6.37. The predicted molar refractivity (Wildman–Crippen MR) is 68.7 cm³/mol. The minimum atomic E-state index is 0.0741. The van der Waals surface area contributed by atoms with Crippen molar-refractivity contribution in [2.24, 2.45) is 5.73 Å². The second-order valence-electron chi connectivity index (χ2n) is 4.27. The smallest absolute Gasteiger partial charge is 0.124 e. The maximum absolute atomic E-state index is 6.06. The molecule has 0 spiro atoms. The molecule has 1 rings (SSSR count). The van der Waals surface area contributed by atoms with Crippen LogP contribution in [0.4, 0.5) is 0 Å². The van der Waals surface area contributed by atoms with Crippen molar-refractivity contribution in [3.8, 4) is 5.75 Å². The molecule has 1 aromatic carbocycles. The Labute approximate surface area is 98.8 Å². The van der Waals surface area contributed by atoms with Crippen molar-refractivity contribution in [1.29, 1.82) is 0 Å². The molecule has 0 heterocycles. The Morgan fingerprint density at radius 1 is 1.25 bits per heavy atom. The number of ether oxygens (including phenoxy) is 1. The third kappa shape index (κ3) is 3.53. The second-order valence-corrected chi connectivity index (χ2v) is 4.27. The first kappa shape index (κ1) is 13.0. The van der Waals surface area contributed by atoms with Gasteiger partial charge in [-0.1, -0.05) is 38.5 Å². The number of nitrogens with two attached hydrogens (primary N) is 1. The molecule has 0 radical (unpaired) electrons. The molecule has 90 valence electrons. The van der Waals surface area contributed by atoms with Gasteiger partial charge in [0.2, 0.25) is 0 Å². The number of hydrogen-bond acceptors (Lipinski definition) is 2. The van der Waals surface area contributed by atoms with Gasteiger partial charge in [-0.15, -0.1) is 0 Å². The average molecular weight is 221 g/mol. The molecule has 2 N–H and O–H groups in total. The predicted octanol–water partition coefficient (Wildman–Crippen LogP) is 3.66. The summed E-state index contributed by atoms with van der Waals surface area (Å²) in [5.41, 5.74) is 7.18. The fourth-order valence-electron chi connectivity index (χ4n) is 1.80. The van der Waals surface area contributed by atoms with E-state index in [2.05, 4.69) is 26.8 Å². The van der Waals surface area contributed by atoms with E-state index in [4.69, 9.17) is 10.5 Å². The normalized spacial score (nSPS) is 14.5. The summed E-state index contributed by atoms with van der Waals surface area (Å²) >= 11 is 0. The molecule has 16 heavy (non-hydrogen) atoms. The second kappa shape index (κ2) is 6.54. The number of hydrogen-bond donors (Lipinski definition) is 1. The third-order valence-electron chi connectivity index (χ3n) is 2.78. The summed E-state index contributed by atoms with van der Waals surface area (Å²) in [4.78, 5) is 0. The van der Waals surface area contributed by atoms with Gasteiger partial charge < -0.3 is 10.5 Å². The highest BCUT2D eigenvalue weighted by Gasteiger charge is 2.11. The number of para-hydroxylation sites is 1. The Hall–Kier alpha value is -1.02. The Balaban J connectivity index is 2.78. The van der Waals surface area contributed by atoms with Crippen molar-refractivity contribution in [3.63, 3.8) is 0 Å². The number of benzene rings is 1. The van der Waals surface area contributed by atoms with E-state index in [1.165, 1.54) is 0 Å². The lowest BCUT2D eigenvalue weighted by Crippen LogP contribution is -2.15. The first-order valence-electron chi connectivity index (χ1n) is 6.20. The fraction of sp³-hybridized carbons (Fsp3) is 0.571. The Morgan fingerprint density at radius 3 is 2.56 bits per heavy atom. The summed E-state index contributed by atoms with van der Waals surface area (Å²) in [5, 5.41) is 0. The van der Waals surface area contributed by atoms with E-state index in [1.807, 2.05) is 18.2 Å². The molecular weight excluding hydrogens is 198 g/mol. The van der Waals surface area contributed by atoms with E-state index < -0.39 is 0 Å². The van der Waals surface area contributed by atoms with Crippen molar-refractivity contribution >= 4 is 0 Å².